The lowest BCUT2D eigenvalue weighted by molar-refractivity contribution is -0.138. The van der Waals surface area contributed by atoms with Gasteiger partial charge in [0, 0.05) is 36.1 Å². The number of rotatable bonds is 3. The van der Waals surface area contributed by atoms with E-state index in [-0.39, 0.29) is 31.0 Å². The van der Waals surface area contributed by atoms with Gasteiger partial charge in [-0.3, -0.25) is 14.6 Å². The Morgan fingerprint density at radius 3 is 2.28 bits per heavy atom. The molecule has 0 atom stereocenters. The number of alkyl halides is 3. The molecule has 0 spiro atoms. The number of hydrogen-bond acceptors (Lipinski definition) is 5. The van der Waals surface area contributed by atoms with Gasteiger partial charge in [-0.1, -0.05) is 30.3 Å². The van der Waals surface area contributed by atoms with Crippen molar-refractivity contribution in [2.24, 2.45) is 0 Å². The number of aromatic nitrogens is 1. The summed E-state index contributed by atoms with van der Waals surface area (Å²) in [4.78, 5) is 26.2. The number of nitrogens with one attached hydrogen (secondary N) is 1. The molecule has 1 aliphatic heterocycles. The maximum absolute atomic E-state index is 12.8. The lowest BCUT2D eigenvalue weighted by atomic mass is 9.85. The predicted octanol–water partition coefficient (Wildman–Crippen LogP) is 5.33. The van der Waals surface area contributed by atoms with Crippen LogP contribution in [-0.4, -0.2) is 52.6 Å². The number of carboxylic acid groups (broad SMARTS) is 1. The van der Waals surface area contributed by atoms with Gasteiger partial charge in [0.05, 0.1) is 18.7 Å². The van der Waals surface area contributed by atoms with Crippen LogP contribution in [0.4, 0.5) is 18.9 Å². The van der Waals surface area contributed by atoms with E-state index in [0.717, 1.165) is 17.8 Å². The van der Waals surface area contributed by atoms with Gasteiger partial charge in [-0.05, 0) is 65.9 Å². The highest BCUT2D eigenvalue weighted by Gasteiger charge is 2.46. The molecule has 0 saturated carbocycles. The van der Waals surface area contributed by atoms with Crippen LogP contribution >= 0.6 is 0 Å². The van der Waals surface area contributed by atoms with Crippen molar-refractivity contribution in [3.05, 3.63) is 107 Å². The zero-order chi connectivity index (χ0) is 28.6. The average Bonchev–Trinajstić information content (AvgIpc) is 2.92. The Bertz CT molecular complexity index is 1410. The molecule has 1 aliphatic rings. The second-order valence-corrected chi connectivity index (χ2v) is 8.88. The monoisotopic (exact) mass is 539 g/mol. The molecule has 39 heavy (non-hydrogen) atoms. The maximum Gasteiger partial charge on any atom is 0.416 e. The SMILES string of the molecule is CNc1ccc(C(=O)N2CC(O)(c3cccc(C(F)(F)F)c3)C2)cc1.Cc1cccc2cnccc12.O=CO. The summed E-state index contributed by atoms with van der Waals surface area (Å²) in [5.74, 6) is -0.265. The lowest BCUT2D eigenvalue weighted by Gasteiger charge is -2.46. The molecule has 204 valence electrons. The van der Waals surface area contributed by atoms with E-state index in [4.69, 9.17) is 9.90 Å². The van der Waals surface area contributed by atoms with Gasteiger partial charge in [0.25, 0.3) is 12.4 Å². The summed E-state index contributed by atoms with van der Waals surface area (Å²) in [5.41, 5.74) is 0.528. The minimum absolute atomic E-state index is 0.0408. The number of aryl methyl sites for hydroxylation is 1. The topological polar surface area (TPSA) is 103 Å². The third-order valence-electron chi connectivity index (χ3n) is 6.24. The number of amides is 1. The van der Waals surface area contributed by atoms with Crippen molar-refractivity contribution in [1.29, 1.82) is 0 Å². The first-order valence-corrected chi connectivity index (χ1v) is 11.9. The summed E-state index contributed by atoms with van der Waals surface area (Å²) in [6, 6.07) is 19.7. The zero-order valence-electron chi connectivity index (χ0n) is 21.3. The molecule has 7 nitrogen and oxygen atoms in total. The molecule has 3 N–H and O–H groups in total. The molecule has 4 aromatic rings. The van der Waals surface area contributed by atoms with Gasteiger partial charge in [0.2, 0.25) is 0 Å². The first-order valence-electron chi connectivity index (χ1n) is 11.9. The van der Waals surface area contributed by atoms with E-state index in [1.54, 1.807) is 31.3 Å². The van der Waals surface area contributed by atoms with Gasteiger partial charge >= 0.3 is 6.18 Å². The van der Waals surface area contributed by atoms with Crippen LogP contribution in [0.5, 0.6) is 0 Å². The fourth-order valence-electron chi connectivity index (χ4n) is 4.14. The normalized spacial score (nSPS) is 13.6. The van der Waals surface area contributed by atoms with Crippen molar-refractivity contribution < 1.29 is 33.0 Å². The second-order valence-electron chi connectivity index (χ2n) is 8.88. The number of likely N-dealkylation sites (tertiary alicyclic amines) is 1. The van der Waals surface area contributed by atoms with Crippen molar-refractivity contribution in [2.45, 2.75) is 18.7 Å². The van der Waals surface area contributed by atoms with Crippen molar-refractivity contribution in [1.82, 2.24) is 9.88 Å². The fourth-order valence-corrected chi connectivity index (χ4v) is 4.14. The molecule has 10 heteroatoms. The minimum atomic E-state index is -4.47. The third kappa shape index (κ3) is 7.11. The molecule has 2 heterocycles. The number of hydrogen-bond donors (Lipinski definition) is 3. The predicted molar refractivity (Wildman–Crippen MR) is 142 cm³/mol. The maximum atomic E-state index is 12.8. The number of carbonyl (C=O) groups is 2. The summed E-state index contributed by atoms with van der Waals surface area (Å²) < 4.78 is 38.4. The summed E-state index contributed by atoms with van der Waals surface area (Å²) >= 11 is 0. The highest BCUT2D eigenvalue weighted by Crippen LogP contribution is 2.36. The Labute approximate surface area is 223 Å². The number of nitrogens with zero attached hydrogens (tertiary/aromatic N) is 2. The number of anilines is 1. The molecule has 0 radical (unpaired) electrons. The van der Waals surface area contributed by atoms with Crippen LogP contribution in [0.15, 0.2) is 85.2 Å². The molecule has 1 saturated heterocycles. The molecular weight excluding hydrogens is 511 g/mol. The highest BCUT2D eigenvalue weighted by molar-refractivity contribution is 5.95. The Morgan fingerprint density at radius 1 is 1.05 bits per heavy atom. The van der Waals surface area contributed by atoms with E-state index in [9.17, 15) is 23.1 Å². The molecule has 3 aromatic carbocycles. The van der Waals surface area contributed by atoms with E-state index in [2.05, 4.69) is 35.4 Å². The van der Waals surface area contributed by atoms with Gasteiger partial charge in [-0.25, -0.2) is 0 Å². The molecule has 0 unspecified atom stereocenters. The number of halogens is 3. The van der Waals surface area contributed by atoms with Crippen LogP contribution in [-0.2, 0) is 16.6 Å². The number of aliphatic hydroxyl groups is 1. The standard InChI is InChI=1S/C18H17F3N2O2.C10H9N.CH2O2/c1-22-15-7-5-12(6-8-15)16(24)23-10-17(25,11-23)13-3-2-4-14(9-13)18(19,20)21;1-8-3-2-4-9-7-11-6-5-10(8)9;2-1-3/h2-9,22,25H,10-11H2,1H3;2-7H,1H3;1H,(H,2,3). The average molecular weight is 540 g/mol. The number of benzene rings is 3. The summed E-state index contributed by atoms with van der Waals surface area (Å²) in [5, 5.41) is 22.9. The molecule has 1 amide bonds. The Balaban J connectivity index is 0.000000247. The lowest BCUT2D eigenvalue weighted by Crippen LogP contribution is -2.61. The number of β-amino-alcohol motifs (C(OH)–C–C–N with tert-alkyl or cyclic N) is 1. The van der Waals surface area contributed by atoms with E-state index in [1.165, 1.54) is 33.4 Å². The Kier molecular flexibility index (Phi) is 9.26. The first kappa shape index (κ1) is 29.1. The number of carbonyl (C=O) groups excluding carboxylic acids is 1. The Hall–Kier alpha value is -4.44. The first-order chi connectivity index (χ1) is 18.5. The van der Waals surface area contributed by atoms with Crippen LogP contribution < -0.4 is 5.32 Å². The van der Waals surface area contributed by atoms with Crippen LogP contribution in [0.1, 0.15) is 27.0 Å². The van der Waals surface area contributed by atoms with Gasteiger partial charge in [-0.2, -0.15) is 13.2 Å². The largest absolute Gasteiger partial charge is 0.483 e. The van der Waals surface area contributed by atoms with Crippen molar-refractivity contribution in [2.75, 3.05) is 25.5 Å². The summed E-state index contributed by atoms with van der Waals surface area (Å²) in [7, 11) is 1.77. The van der Waals surface area contributed by atoms with Crippen LogP contribution in [0.25, 0.3) is 10.8 Å². The van der Waals surface area contributed by atoms with Gasteiger partial charge in [0.1, 0.15) is 5.60 Å². The number of fused-ring (bicyclic) bond motifs is 1. The van der Waals surface area contributed by atoms with Crippen LogP contribution in [0.3, 0.4) is 0 Å². The quantitative estimate of drug-likeness (QED) is 0.304. The fraction of sp³-hybridized carbons (Fsp3) is 0.207. The van der Waals surface area contributed by atoms with Crippen LogP contribution in [0.2, 0.25) is 0 Å². The van der Waals surface area contributed by atoms with E-state index >= 15 is 0 Å². The molecular formula is C29H28F3N3O4. The van der Waals surface area contributed by atoms with E-state index in [1.807, 2.05) is 18.5 Å². The Morgan fingerprint density at radius 2 is 1.69 bits per heavy atom. The molecule has 5 rings (SSSR count). The molecule has 1 fully saturated rings. The third-order valence-corrected chi connectivity index (χ3v) is 6.24. The van der Waals surface area contributed by atoms with Gasteiger partial charge in [-0.15, -0.1) is 0 Å². The van der Waals surface area contributed by atoms with Gasteiger partial charge < -0.3 is 20.4 Å². The highest BCUT2D eigenvalue weighted by atomic mass is 19.4. The summed E-state index contributed by atoms with van der Waals surface area (Å²) in [6.07, 6.45) is -0.752. The van der Waals surface area contributed by atoms with Crippen molar-refractivity contribution in [3.63, 3.8) is 0 Å². The second kappa shape index (κ2) is 12.4. The molecule has 1 aromatic heterocycles. The zero-order valence-corrected chi connectivity index (χ0v) is 21.3. The number of pyridine rings is 1. The van der Waals surface area contributed by atoms with E-state index in [0.29, 0.717) is 5.56 Å². The smallest absolute Gasteiger partial charge is 0.416 e. The summed E-state index contributed by atoms with van der Waals surface area (Å²) in [6.45, 7) is 1.78. The minimum Gasteiger partial charge on any atom is -0.483 e. The molecule has 0 aliphatic carbocycles. The van der Waals surface area contributed by atoms with Crippen molar-refractivity contribution in [3.8, 4) is 0 Å². The van der Waals surface area contributed by atoms with Gasteiger partial charge in [0.15, 0.2) is 0 Å². The van der Waals surface area contributed by atoms with Crippen molar-refractivity contribution >= 4 is 28.8 Å². The molecule has 0 bridgehead atoms. The van der Waals surface area contributed by atoms with E-state index < -0.39 is 17.3 Å². The van der Waals surface area contributed by atoms with Crippen LogP contribution in [0, 0.1) is 6.92 Å².